The number of hydrogen-bond donors (Lipinski definition) is 0. The van der Waals surface area contributed by atoms with Crippen molar-refractivity contribution in [2.45, 2.75) is 31.6 Å². The highest BCUT2D eigenvalue weighted by Gasteiger charge is 2.42. The fourth-order valence-electron chi connectivity index (χ4n) is 2.92. The first kappa shape index (κ1) is 17.1. The predicted molar refractivity (Wildman–Crippen MR) is 79.0 cm³/mol. The molecule has 0 radical (unpaired) electrons. The minimum Gasteiger partial charge on any atom is -0.440 e. The van der Waals surface area contributed by atoms with Crippen molar-refractivity contribution < 1.29 is 26.7 Å². The summed E-state index contributed by atoms with van der Waals surface area (Å²) >= 11 is 0. The molecule has 0 amide bonds. The Morgan fingerprint density at radius 3 is 2.64 bits per heavy atom. The van der Waals surface area contributed by atoms with E-state index in [1.165, 1.54) is 13.0 Å². The van der Waals surface area contributed by atoms with Crippen molar-refractivity contribution in [1.29, 1.82) is 0 Å². The molecule has 1 aliphatic carbocycles. The summed E-state index contributed by atoms with van der Waals surface area (Å²) in [5.41, 5.74) is -1.20. The van der Waals surface area contributed by atoms with E-state index in [1.54, 1.807) is 0 Å². The molecule has 3 nitrogen and oxygen atoms in total. The van der Waals surface area contributed by atoms with Crippen molar-refractivity contribution in [2.75, 3.05) is 0 Å². The smallest absolute Gasteiger partial charge is 0.418 e. The molecule has 0 N–H and O–H groups in total. The third-order valence-corrected chi connectivity index (χ3v) is 4.09. The van der Waals surface area contributed by atoms with Crippen molar-refractivity contribution in [3.8, 4) is 11.6 Å². The number of pyridine rings is 1. The van der Waals surface area contributed by atoms with E-state index < -0.39 is 29.6 Å². The van der Waals surface area contributed by atoms with Gasteiger partial charge in [-0.05, 0) is 17.7 Å². The molecule has 8 heteroatoms. The zero-order valence-corrected chi connectivity index (χ0v) is 12.9. The van der Waals surface area contributed by atoms with Gasteiger partial charge in [0.25, 0.3) is 0 Å². The molecule has 1 aromatic carbocycles. The number of alkyl halides is 4. The summed E-state index contributed by atoms with van der Waals surface area (Å²) in [6.45, 7) is 8.27. The van der Waals surface area contributed by atoms with Gasteiger partial charge in [0.05, 0.1) is 12.1 Å². The van der Waals surface area contributed by atoms with Gasteiger partial charge in [-0.25, -0.2) is 18.6 Å². The summed E-state index contributed by atoms with van der Waals surface area (Å²) in [6.07, 6.45) is -5.83. The molecule has 0 aliphatic heterocycles. The number of nitrogens with zero attached hydrogens (tertiary/aromatic N) is 2. The molecule has 3 rings (SSSR count). The lowest BCUT2D eigenvalue weighted by atomic mass is 9.98. The number of halogens is 5. The highest BCUT2D eigenvalue weighted by Crippen LogP contribution is 2.46. The Bertz CT molecular complexity index is 873. The summed E-state index contributed by atoms with van der Waals surface area (Å²) in [4.78, 5) is 6.73. The standard InChI is InChI=1S/C17H11F5N2O/c1-8-14(19)6-12-15(8)13(17(20,21)22)7-24-16(12)25-11-4-9(18)3-10(5-11)23-2/h3-5,7-8,14H,6H2,1H3/t8-,14-/m1/s1. The van der Waals surface area contributed by atoms with E-state index in [0.717, 1.165) is 12.1 Å². The highest BCUT2D eigenvalue weighted by molar-refractivity contribution is 5.52. The monoisotopic (exact) mass is 354 g/mol. The number of aromatic nitrogens is 1. The fourth-order valence-corrected chi connectivity index (χ4v) is 2.92. The predicted octanol–water partition coefficient (Wildman–Crippen LogP) is 5.58. The molecule has 0 spiro atoms. The molecular weight excluding hydrogens is 343 g/mol. The van der Waals surface area contributed by atoms with Crippen molar-refractivity contribution in [3.63, 3.8) is 0 Å². The number of hydrogen-bond acceptors (Lipinski definition) is 2. The summed E-state index contributed by atoms with van der Waals surface area (Å²) in [5.74, 6) is -1.99. The molecule has 1 heterocycles. The lowest BCUT2D eigenvalue weighted by molar-refractivity contribution is -0.138. The summed E-state index contributed by atoms with van der Waals surface area (Å²) < 4.78 is 72.4. The number of fused-ring (bicyclic) bond motifs is 1. The molecule has 0 unspecified atom stereocenters. The number of rotatable bonds is 2. The molecule has 0 fully saturated rings. The molecule has 1 aromatic heterocycles. The van der Waals surface area contributed by atoms with E-state index in [1.807, 2.05) is 0 Å². The Kier molecular flexibility index (Phi) is 4.11. The van der Waals surface area contributed by atoms with Gasteiger partial charge in [-0.2, -0.15) is 13.2 Å². The average molecular weight is 354 g/mol. The van der Waals surface area contributed by atoms with Crippen LogP contribution in [0.5, 0.6) is 11.6 Å². The van der Waals surface area contributed by atoms with Crippen LogP contribution in [0.1, 0.15) is 29.5 Å². The van der Waals surface area contributed by atoms with Crippen LogP contribution < -0.4 is 4.74 Å². The minimum absolute atomic E-state index is 0.0171. The van der Waals surface area contributed by atoms with Gasteiger partial charge >= 0.3 is 6.18 Å². The molecule has 25 heavy (non-hydrogen) atoms. The highest BCUT2D eigenvalue weighted by atomic mass is 19.4. The molecule has 2 aromatic rings. The van der Waals surface area contributed by atoms with Crippen LogP contribution in [0.4, 0.5) is 27.6 Å². The van der Waals surface area contributed by atoms with Gasteiger partial charge in [0.15, 0.2) is 5.69 Å². The first-order valence-corrected chi connectivity index (χ1v) is 7.29. The van der Waals surface area contributed by atoms with Crippen LogP contribution in [0, 0.1) is 12.4 Å². The Hall–Kier alpha value is -2.69. The van der Waals surface area contributed by atoms with Gasteiger partial charge < -0.3 is 4.74 Å². The van der Waals surface area contributed by atoms with E-state index in [-0.39, 0.29) is 34.9 Å². The number of ether oxygens (including phenoxy) is 1. The Balaban J connectivity index is 2.08. The van der Waals surface area contributed by atoms with Gasteiger partial charge in [0.1, 0.15) is 17.7 Å². The van der Waals surface area contributed by atoms with Crippen LogP contribution in [-0.2, 0) is 12.6 Å². The van der Waals surface area contributed by atoms with Crippen molar-refractivity contribution >= 4 is 5.69 Å². The summed E-state index contributed by atoms with van der Waals surface area (Å²) in [7, 11) is 0. The molecular formula is C17H11F5N2O. The average Bonchev–Trinajstić information content (AvgIpc) is 2.82. The SMILES string of the molecule is [C-]#[N+]c1cc(F)cc(Oc2ncc(C(F)(F)F)c3c2C[C@@H](F)[C@H]3C)c1. The second-order valence-electron chi connectivity index (χ2n) is 5.73. The van der Waals surface area contributed by atoms with E-state index in [9.17, 15) is 22.0 Å². The first-order valence-electron chi connectivity index (χ1n) is 7.29. The van der Waals surface area contributed by atoms with E-state index in [2.05, 4.69) is 9.83 Å². The maximum absolute atomic E-state index is 14.0. The summed E-state index contributed by atoms with van der Waals surface area (Å²) in [6, 6.07) is 3.20. The van der Waals surface area contributed by atoms with E-state index >= 15 is 0 Å². The zero-order chi connectivity index (χ0) is 18.4. The van der Waals surface area contributed by atoms with Gasteiger partial charge in [-0.15, -0.1) is 0 Å². The lowest BCUT2D eigenvalue weighted by Crippen LogP contribution is -2.13. The molecule has 130 valence electrons. The van der Waals surface area contributed by atoms with Gasteiger partial charge in [0.2, 0.25) is 5.88 Å². The van der Waals surface area contributed by atoms with Crippen LogP contribution in [0.15, 0.2) is 24.4 Å². The van der Waals surface area contributed by atoms with Crippen molar-refractivity contribution in [2.24, 2.45) is 0 Å². The molecule has 2 atom stereocenters. The second kappa shape index (κ2) is 5.99. The van der Waals surface area contributed by atoms with Gasteiger partial charge in [-0.1, -0.05) is 6.92 Å². The molecule has 0 saturated carbocycles. The van der Waals surface area contributed by atoms with Crippen LogP contribution >= 0.6 is 0 Å². The maximum Gasteiger partial charge on any atom is 0.418 e. The summed E-state index contributed by atoms with van der Waals surface area (Å²) in [5, 5.41) is 0. The van der Waals surface area contributed by atoms with Crippen LogP contribution in [-0.4, -0.2) is 11.2 Å². The maximum atomic E-state index is 14.0. The van der Waals surface area contributed by atoms with Crippen LogP contribution in [0.3, 0.4) is 0 Å². The van der Waals surface area contributed by atoms with Crippen molar-refractivity contribution in [3.05, 3.63) is 58.3 Å². The van der Waals surface area contributed by atoms with Gasteiger partial charge in [-0.3, -0.25) is 0 Å². The normalized spacial score (nSPS) is 19.4. The first-order chi connectivity index (χ1) is 11.7. The van der Waals surface area contributed by atoms with E-state index in [0.29, 0.717) is 6.20 Å². The molecule has 0 bridgehead atoms. The Morgan fingerprint density at radius 1 is 1.28 bits per heavy atom. The van der Waals surface area contributed by atoms with Crippen LogP contribution in [0.2, 0.25) is 0 Å². The van der Waals surface area contributed by atoms with Crippen molar-refractivity contribution in [1.82, 2.24) is 4.98 Å². The fraction of sp³-hybridized carbons (Fsp3) is 0.294. The Labute approximate surface area is 139 Å². The third-order valence-electron chi connectivity index (χ3n) is 4.09. The quantitative estimate of drug-likeness (QED) is 0.520. The Morgan fingerprint density at radius 2 is 2.00 bits per heavy atom. The van der Waals surface area contributed by atoms with Crippen LogP contribution in [0.25, 0.3) is 4.85 Å². The number of benzene rings is 1. The molecule has 1 aliphatic rings. The topological polar surface area (TPSA) is 26.5 Å². The zero-order valence-electron chi connectivity index (χ0n) is 12.9. The molecule has 0 saturated heterocycles. The van der Waals surface area contributed by atoms with Gasteiger partial charge in [0, 0.05) is 30.2 Å². The van der Waals surface area contributed by atoms with E-state index in [4.69, 9.17) is 11.3 Å². The lowest BCUT2D eigenvalue weighted by Gasteiger charge is -2.17. The minimum atomic E-state index is -4.66. The largest absolute Gasteiger partial charge is 0.440 e. The second-order valence-corrected chi connectivity index (χ2v) is 5.73. The third kappa shape index (κ3) is 3.14.